The number of aliphatic hydroxyl groups is 1. The van der Waals surface area contributed by atoms with E-state index in [-0.39, 0.29) is 6.61 Å². The van der Waals surface area contributed by atoms with Crippen LogP contribution in [0.2, 0.25) is 0 Å². The fourth-order valence-electron chi connectivity index (χ4n) is 1.62. The Balaban J connectivity index is 2.16. The number of hydrogen-bond acceptors (Lipinski definition) is 5. The second-order valence-electron chi connectivity index (χ2n) is 4.09. The molecule has 7 heteroatoms. The highest BCUT2D eigenvalue weighted by atomic mass is 32.2. The van der Waals surface area contributed by atoms with Crippen LogP contribution < -0.4 is 0 Å². The zero-order chi connectivity index (χ0) is 13.9. The van der Waals surface area contributed by atoms with Gasteiger partial charge in [-0.15, -0.1) is 11.3 Å². The maximum Gasteiger partial charge on any atom is 0.252 e. The van der Waals surface area contributed by atoms with Crippen LogP contribution in [-0.4, -0.2) is 31.5 Å². The van der Waals surface area contributed by atoms with E-state index in [9.17, 15) is 8.42 Å². The lowest BCUT2D eigenvalue weighted by molar-refractivity contribution is 0.300. The van der Waals surface area contributed by atoms with Crippen LogP contribution in [0.15, 0.2) is 33.2 Å². The van der Waals surface area contributed by atoms with Crippen molar-refractivity contribution < 1.29 is 13.5 Å². The molecule has 0 amide bonds. The van der Waals surface area contributed by atoms with Crippen molar-refractivity contribution in [1.29, 1.82) is 0 Å². The lowest BCUT2D eigenvalue weighted by Crippen LogP contribution is -2.25. The number of rotatable bonds is 6. The SMILES string of the molecule is CN(Cc1ccsc1)S(=O)(=O)c1ccc(CCO)s1. The van der Waals surface area contributed by atoms with Crippen molar-refractivity contribution in [2.45, 2.75) is 17.2 Å². The molecule has 0 saturated heterocycles. The first kappa shape index (κ1) is 14.7. The van der Waals surface area contributed by atoms with Gasteiger partial charge in [0.15, 0.2) is 0 Å². The third-order valence-electron chi connectivity index (χ3n) is 2.65. The number of sulfonamides is 1. The molecule has 1 N–H and O–H groups in total. The first-order valence-corrected chi connectivity index (χ1v) is 8.91. The summed E-state index contributed by atoms with van der Waals surface area (Å²) in [6.45, 7) is 0.407. The van der Waals surface area contributed by atoms with E-state index in [4.69, 9.17) is 5.11 Å². The molecule has 2 aromatic heterocycles. The van der Waals surface area contributed by atoms with E-state index in [1.54, 1.807) is 30.5 Å². The predicted octanol–water partition coefficient (Wildman–Crippen LogP) is 2.17. The summed E-state index contributed by atoms with van der Waals surface area (Å²) >= 11 is 2.77. The topological polar surface area (TPSA) is 57.6 Å². The van der Waals surface area contributed by atoms with Crippen molar-refractivity contribution in [3.63, 3.8) is 0 Å². The van der Waals surface area contributed by atoms with Crippen LogP contribution in [0.1, 0.15) is 10.4 Å². The Morgan fingerprint density at radius 2 is 2.11 bits per heavy atom. The van der Waals surface area contributed by atoms with Gasteiger partial charge < -0.3 is 5.11 Å². The molecular formula is C12H15NO3S3. The molecule has 0 fully saturated rings. The van der Waals surface area contributed by atoms with Crippen molar-refractivity contribution in [1.82, 2.24) is 4.31 Å². The van der Waals surface area contributed by atoms with Crippen LogP contribution in [0.25, 0.3) is 0 Å². The van der Waals surface area contributed by atoms with Gasteiger partial charge in [0.2, 0.25) is 0 Å². The lowest BCUT2D eigenvalue weighted by atomic mass is 10.3. The van der Waals surface area contributed by atoms with Crippen LogP contribution in [0.3, 0.4) is 0 Å². The standard InChI is InChI=1S/C12H15NO3S3/c1-13(8-10-5-7-17-9-10)19(15,16)12-3-2-11(18-12)4-6-14/h2-3,5,7,9,14H,4,6,8H2,1H3. The molecule has 4 nitrogen and oxygen atoms in total. The van der Waals surface area contributed by atoms with E-state index in [0.717, 1.165) is 10.4 Å². The van der Waals surface area contributed by atoms with Gasteiger partial charge >= 0.3 is 0 Å². The Hall–Kier alpha value is -0.730. The molecule has 2 rings (SSSR count). The maximum atomic E-state index is 12.4. The minimum atomic E-state index is -3.44. The molecule has 0 atom stereocenters. The van der Waals surface area contributed by atoms with Crippen LogP contribution in [0.4, 0.5) is 0 Å². The highest BCUT2D eigenvalue weighted by molar-refractivity contribution is 7.91. The Kier molecular flexibility index (Phi) is 4.75. The van der Waals surface area contributed by atoms with Gasteiger partial charge in [-0.3, -0.25) is 0 Å². The molecule has 0 aliphatic rings. The summed E-state index contributed by atoms with van der Waals surface area (Å²) in [4.78, 5) is 0.880. The van der Waals surface area contributed by atoms with E-state index < -0.39 is 10.0 Å². The highest BCUT2D eigenvalue weighted by Crippen LogP contribution is 2.25. The van der Waals surface area contributed by atoms with Crippen LogP contribution >= 0.6 is 22.7 Å². The van der Waals surface area contributed by atoms with Crippen molar-refractivity contribution in [2.75, 3.05) is 13.7 Å². The van der Waals surface area contributed by atoms with Gasteiger partial charge in [-0.2, -0.15) is 15.6 Å². The van der Waals surface area contributed by atoms with Crippen molar-refractivity contribution in [2.24, 2.45) is 0 Å². The molecule has 0 aliphatic heterocycles. The molecule has 19 heavy (non-hydrogen) atoms. The van der Waals surface area contributed by atoms with Crippen molar-refractivity contribution in [3.8, 4) is 0 Å². The summed E-state index contributed by atoms with van der Waals surface area (Å²) in [6, 6.07) is 5.28. The summed E-state index contributed by atoms with van der Waals surface area (Å²) in [6.07, 6.45) is 0.494. The molecule has 0 aromatic carbocycles. The van der Waals surface area contributed by atoms with E-state index in [2.05, 4.69) is 0 Å². The number of hydrogen-bond donors (Lipinski definition) is 1. The smallest absolute Gasteiger partial charge is 0.252 e. The van der Waals surface area contributed by atoms with E-state index in [0.29, 0.717) is 17.2 Å². The second-order valence-corrected chi connectivity index (χ2v) is 8.31. The summed E-state index contributed by atoms with van der Waals surface area (Å²) < 4.78 is 26.4. The summed E-state index contributed by atoms with van der Waals surface area (Å²) in [7, 11) is -1.86. The monoisotopic (exact) mass is 317 g/mol. The van der Waals surface area contributed by atoms with Gasteiger partial charge in [0.25, 0.3) is 10.0 Å². The largest absolute Gasteiger partial charge is 0.396 e. The van der Waals surface area contributed by atoms with Crippen molar-refractivity contribution >= 4 is 32.7 Å². The quantitative estimate of drug-likeness (QED) is 0.888. The predicted molar refractivity (Wildman–Crippen MR) is 78.1 cm³/mol. The van der Waals surface area contributed by atoms with Crippen LogP contribution in [0, 0.1) is 0 Å². The Morgan fingerprint density at radius 3 is 2.74 bits per heavy atom. The second kappa shape index (κ2) is 6.15. The number of aliphatic hydroxyl groups excluding tert-OH is 1. The molecule has 2 aromatic rings. The Labute approximate surface area is 121 Å². The summed E-state index contributed by atoms with van der Waals surface area (Å²) in [5.74, 6) is 0. The van der Waals surface area contributed by atoms with Gasteiger partial charge in [0.1, 0.15) is 4.21 Å². The summed E-state index contributed by atoms with van der Waals surface area (Å²) in [5, 5.41) is 12.7. The molecule has 104 valence electrons. The third-order valence-corrected chi connectivity index (χ3v) is 6.79. The van der Waals surface area contributed by atoms with Crippen LogP contribution in [0.5, 0.6) is 0 Å². The Morgan fingerprint density at radius 1 is 1.32 bits per heavy atom. The van der Waals surface area contributed by atoms with Gasteiger partial charge in [-0.05, 0) is 34.5 Å². The average Bonchev–Trinajstić information content (AvgIpc) is 3.00. The number of thiophene rings is 2. The fraction of sp³-hybridized carbons (Fsp3) is 0.333. The molecule has 0 radical (unpaired) electrons. The molecule has 0 bridgehead atoms. The minimum Gasteiger partial charge on any atom is -0.396 e. The van der Waals surface area contributed by atoms with Crippen molar-refractivity contribution in [3.05, 3.63) is 39.4 Å². The zero-order valence-electron chi connectivity index (χ0n) is 10.4. The average molecular weight is 317 g/mol. The molecule has 0 aliphatic carbocycles. The number of nitrogens with zero attached hydrogens (tertiary/aromatic N) is 1. The van der Waals surface area contributed by atoms with Crippen LogP contribution in [-0.2, 0) is 23.0 Å². The summed E-state index contributed by atoms with van der Waals surface area (Å²) in [5.41, 5.74) is 0.989. The first-order chi connectivity index (χ1) is 9.04. The maximum absolute atomic E-state index is 12.4. The molecular weight excluding hydrogens is 302 g/mol. The zero-order valence-corrected chi connectivity index (χ0v) is 12.9. The highest BCUT2D eigenvalue weighted by Gasteiger charge is 2.22. The normalized spacial score (nSPS) is 12.2. The van der Waals surface area contributed by atoms with E-state index in [1.165, 1.54) is 15.6 Å². The molecule has 2 heterocycles. The third kappa shape index (κ3) is 3.43. The van der Waals surface area contributed by atoms with Gasteiger partial charge in [-0.25, -0.2) is 8.42 Å². The lowest BCUT2D eigenvalue weighted by Gasteiger charge is -2.15. The van der Waals surface area contributed by atoms with E-state index >= 15 is 0 Å². The van der Waals surface area contributed by atoms with E-state index in [1.807, 2.05) is 16.8 Å². The first-order valence-electron chi connectivity index (χ1n) is 5.71. The fourth-order valence-corrected chi connectivity index (χ4v) is 4.99. The van der Waals surface area contributed by atoms with Gasteiger partial charge in [0, 0.05) is 31.5 Å². The molecule has 0 saturated carbocycles. The Bertz CT molecular complexity index is 616. The molecule has 0 unspecified atom stereocenters. The van der Waals surface area contributed by atoms with Gasteiger partial charge in [-0.1, -0.05) is 0 Å². The molecule has 0 spiro atoms. The van der Waals surface area contributed by atoms with Gasteiger partial charge in [0.05, 0.1) is 0 Å². The minimum absolute atomic E-state index is 0.0325.